The van der Waals surface area contributed by atoms with Gasteiger partial charge in [0.15, 0.2) is 5.11 Å². The summed E-state index contributed by atoms with van der Waals surface area (Å²) in [7, 11) is 0. The Morgan fingerprint density at radius 3 is 2.37 bits per heavy atom. The summed E-state index contributed by atoms with van der Waals surface area (Å²) < 4.78 is 6.55. The molecule has 0 aliphatic carbocycles. The van der Waals surface area contributed by atoms with Crippen LogP contribution in [0.1, 0.15) is 82.0 Å². The van der Waals surface area contributed by atoms with E-state index in [0.717, 1.165) is 29.6 Å². The lowest BCUT2D eigenvalue weighted by atomic mass is 10.1. The van der Waals surface area contributed by atoms with Gasteiger partial charge in [0.2, 0.25) is 0 Å². The third kappa shape index (κ3) is 10.7. The molecule has 0 unspecified atom stereocenters. The van der Waals surface area contributed by atoms with Crippen molar-refractivity contribution in [1.29, 1.82) is 0 Å². The van der Waals surface area contributed by atoms with Gasteiger partial charge in [0.25, 0.3) is 5.91 Å². The Morgan fingerprint density at radius 2 is 1.70 bits per heavy atom. The molecule has 1 rings (SSSR count). The highest BCUT2D eigenvalue weighted by molar-refractivity contribution is 9.10. The number of hydrogen-bond donors (Lipinski definition) is 2. The Bertz CT molecular complexity index is 581. The van der Waals surface area contributed by atoms with Gasteiger partial charge in [0.05, 0.1) is 11.1 Å². The van der Waals surface area contributed by atoms with Crippen molar-refractivity contribution in [2.75, 3.05) is 13.2 Å². The zero-order chi connectivity index (χ0) is 19.9. The van der Waals surface area contributed by atoms with Gasteiger partial charge in [0.1, 0.15) is 5.75 Å². The Morgan fingerprint density at radius 1 is 1.04 bits per heavy atom. The molecule has 0 saturated carbocycles. The lowest BCUT2D eigenvalue weighted by molar-refractivity contribution is 0.0976. The largest absolute Gasteiger partial charge is 0.492 e. The Labute approximate surface area is 178 Å². The van der Waals surface area contributed by atoms with Gasteiger partial charge in [-0.25, -0.2) is 0 Å². The fourth-order valence-corrected chi connectivity index (χ4v) is 3.31. The molecule has 0 heterocycles. The molecule has 0 aromatic heterocycles. The topological polar surface area (TPSA) is 50.4 Å². The summed E-state index contributed by atoms with van der Waals surface area (Å²) in [4.78, 5) is 12.3. The Balaban J connectivity index is 2.35. The van der Waals surface area contributed by atoms with E-state index in [1.807, 2.05) is 6.07 Å². The third-order valence-electron chi connectivity index (χ3n) is 4.24. The van der Waals surface area contributed by atoms with Crippen LogP contribution < -0.4 is 15.4 Å². The minimum atomic E-state index is -0.214. The summed E-state index contributed by atoms with van der Waals surface area (Å²) in [5, 5.41) is 6.20. The summed E-state index contributed by atoms with van der Waals surface area (Å²) in [5.74, 6) is 0.546. The van der Waals surface area contributed by atoms with Crippen molar-refractivity contribution in [2.45, 2.75) is 71.6 Å². The van der Waals surface area contributed by atoms with Crippen LogP contribution in [0, 0.1) is 0 Å². The second-order valence-corrected chi connectivity index (χ2v) is 7.94. The summed E-state index contributed by atoms with van der Waals surface area (Å²) in [6.45, 7) is 5.87. The second-order valence-electron chi connectivity index (χ2n) is 6.68. The van der Waals surface area contributed by atoms with Crippen LogP contribution in [0.25, 0.3) is 0 Å². The summed E-state index contributed by atoms with van der Waals surface area (Å²) >= 11 is 8.69. The van der Waals surface area contributed by atoms with Crippen molar-refractivity contribution < 1.29 is 9.53 Å². The van der Waals surface area contributed by atoms with E-state index in [9.17, 15) is 4.79 Å². The quantitative estimate of drug-likeness (QED) is 0.283. The fourth-order valence-electron chi connectivity index (χ4n) is 2.62. The van der Waals surface area contributed by atoms with Crippen molar-refractivity contribution in [1.82, 2.24) is 10.6 Å². The Hall–Kier alpha value is -1.14. The van der Waals surface area contributed by atoms with E-state index >= 15 is 0 Å². The number of benzene rings is 1. The number of halogens is 1. The molecule has 0 aliphatic rings. The van der Waals surface area contributed by atoms with E-state index in [0.29, 0.717) is 17.3 Å². The minimum Gasteiger partial charge on any atom is -0.492 e. The average Bonchev–Trinajstić information content (AvgIpc) is 2.65. The van der Waals surface area contributed by atoms with E-state index in [1.54, 1.807) is 12.1 Å². The van der Waals surface area contributed by atoms with Crippen LogP contribution in [0.5, 0.6) is 5.75 Å². The molecule has 0 radical (unpaired) electrons. The molecule has 6 heteroatoms. The number of hydrogen-bond acceptors (Lipinski definition) is 3. The maximum atomic E-state index is 12.3. The zero-order valence-corrected chi connectivity index (χ0v) is 19.0. The molecule has 1 aromatic rings. The second kappa shape index (κ2) is 14.9. The third-order valence-corrected chi connectivity index (χ3v) is 5.11. The molecule has 152 valence electrons. The number of thiocarbonyl (C=S) groups is 1. The number of unbranched alkanes of at least 4 members (excludes halogenated alkanes) is 7. The first-order valence-corrected chi connectivity index (χ1v) is 11.3. The van der Waals surface area contributed by atoms with Gasteiger partial charge < -0.3 is 10.1 Å². The number of carbonyl (C=O) groups excluding carboxylic acids is 1. The smallest absolute Gasteiger partial charge is 0.257 e. The van der Waals surface area contributed by atoms with Gasteiger partial charge >= 0.3 is 0 Å². The van der Waals surface area contributed by atoms with Gasteiger partial charge in [-0.3, -0.25) is 10.1 Å². The standard InChI is InChI=1S/C21H33BrN2O2S/c1-3-5-7-9-10-14-23-21(27)24-20(25)17-12-13-19(18(22)16-17)26-15-11-8-6-4-2/h12-13,16H,3-11,14-15H2,1-2H3,(H2,23,24,25,27). The number of nitrogens with one attached hydrogen (secondary N) is 2. The summed E-state index contributed by atoms with van der Waals surface area (Å²) in [6, 6.07) is 5.35. The molecule has 1 aromatic carbocycles. The van der Waals surface area contributed by atoms with Crippen LogP contribution in [0.15, 0.2) is 22.7 Å². The van der Waals surface area contributed by atoms with Gasteiger partial charge in [-0.05, 0) is 59.2 Å². The van der Waals surface area contributed by atoms with Crippen molar-refractivity contribution >= 4 is 39.2 Å². The predicted molar refractivity (Wildman–Crippen MR) is 121 cm³/mol. The predicted octanol–water partition coefficient (Wildman–Crippen LogP) is 5.98. The van der Waals surface area contributed by atoms with Crippen molar-refractivity contribution in [3.63, 3.8) is 0 Å². The van der Waals surface area contributed by atoms with Crippen LogP contribution in [-0.4, -0.2) is 24.2 Å². The van der Waals surface area contributed by atoms with E-state index in [2.05, 4.69) is 40.4 Å². The fraction of sp³-hybridized carbons (Fsp3) is 0.619. The first kappa shape index (κ1) is 23.9. The molecule has 0 saturated heterocycles. The van der Waals surface area contributed by atoms with E-state index in [-0.39, 0.29) is 5.91 Å². The van der Waals surface area contributed by atoms with E-state index in [1.165, 1.54) is 44.9 Å². The maximum absolute atomic E-state index is 12.3. The minimum absolute atomic E-state index is 0.214. The van der Waals surface area contributed by atoms with Crippen molar-refractivity contribution in [2.24, 2.45) is 0 Å². The number of ether oxygens (including phenoxy) is 1. The molecule has 4 nitrogen and oxygen atoms in total. The van der Waals surface area contributed by atoms with Crippen molar-refractivity contribution in [3.8, 4) is 5.75 Å². The first-order valence-electron chi connectivity index (χ1n) is 10.1. The molecule has 0 bridgehead atoms. The number of carbonyl (C=O) groups is 1. The summed E-state index contributed by atoms with van der Waals surface area (Å²) in [5.41, 5.74) is 0.548. The van der Waals surface area contributed by atoms with Crippen molar-refractivity contribution in [3.05, 3.63) is 28.2 Å². The normalized spacial score (nSPS) is 10.5. The van der Waals surface area contributed by atoms with Gasteiger partial charge in [-0.2, -0.15) is 0 Å². The molecular formula is C21H33BrN2O2S. The molecule has 0 atom stereocenters. The zero-order valence-electron chi connectivity index (χ0n) is 16.6. The maximum Gasteiger partial charge on any atom is 0.257 e. The highest BCUT2D eigenvalue weighted by Gasteiger charge is 2.10. The lowest BCUT2D eigenvalue weighted by Crippen LogP contribution is -2.39. The molecular weight excluding hydrogens is 424 g/mol. The van der Waals surface area contributed by atoms with Gasteiger partial charge in [-0.1, -0.05) is 58.8 Å². The summed E-state index contributed by atoms with van der Waals surface area (Å²) in [6.07, 6.45) is 10.7. The van der Waals surface area contributed by atoms with Crippen LogP contribution in [0.4, 0.5) is 0 Å². The van der Waals surface area contributed by atoms with E-state index < -0.39 is 0 Å². The molecule has 1 amide bonds. The highest BCUT2D eigenvalue weighted by atomic mass is 79.9. The molecule has 2 N–H and O–H groups in total. The monoisotopic (exact) mass is 456 g/mol. The van der Waals surface area contributed by atoms with E-state index in [4.69, 9.17) is 17.0 Å². The van der Waals surface area contributed by atoms with Crippen LogP contribution in [-0.2, 0) is 0 Å². The number of amides is 1. The van der Waals surface area contributed by atoms with Gasteiger partial charge in [-0.15, -0.1) is 0 Å². The van der Waals surface area contributed by atoms with Gasteiger partial charge in [0, 0.05) is 12.1 Å². The number of rotatable bonds is 13. The SMILES string of the molecule is CCCCCCCNC(=S)NC(=O)c1ccc(OCCCCCC)c(Br)c1. The molecule has 0 fully saturated rings. The van der Waals surface area contributed by atoms with Crippen LogP contribution >= 0.6 is 28.1 Å². The average molecular weight is 457 g/mol. The van der Waals surface area contributed by atoms with Crippen LogP contribution in [0.3, 0.4) is 0 Å². The first-order chi connectivity index (χ1) is 13.1. The molecule has 0 spiro atoms. The lowest BCUT2D eigenvalue weighted by Gasteiger charge is -2.11. The molecule has 0 aliphatic heterocycles. The molecule has 27 heavy (non-hydrogen) atoms. The van der Waals surface area contributed by atoms with Crippen LogP contribution in [0.2, 0.25) is 0 Å². The Kier molecular flexibility index (Phi) is 13.2. The highest BCUT2D eigenvalue weighted by Crippen LogP contribution is 2.26.